The summed E-state index contributed by atoms with van der Waals surface area (Å²) in [5.41, 5.74) is -0.458. The molecule has 0 rings (SSSR count). The summed E-state index contributed by atoms with van der Waals surface area (Å²) >= 11 is 0. The summed E-state index contributed by atoms with van der Waals surface area (Å²) in [5.74, 6) is -1.11. The van der Waals surface area contributed by atoms with Crippen LogP contribution in [0.3, 0.4) is 0 Å². The summed E-state index contributed by atoms with van der Waals surface area (Å²) in [6.07, 6.45) is 0.785. The number of hydrogen-bond donors (Lipinski definition) is 2. The second-order valence-electron chi connectivity index (χ2n) is 5.87. The molecule has 2 atom stereocenters. The van der Waals surface area contributed by atoms with Gasteiger partial charge in [-0.25, -0.2) is 0 Å². The fraction of sp³-hybridized carbons (Fsp3) is 0.846. The number of nitrogens with one attached hydrogen (secondary N) is 1. The molecule has 2 unspecified atom stereocenters. The van der Waals surface area contributed by atoms with Crippen LogP contribution < -0.4 is 5.32 Å². The molecule has 0 aliphatic carbocycles. The second kappa shape index (κ2) is 6.03. The first-order valence-corrected chi connectivity index (χ1v) is 6.11. The maximum atomic E-state index is 12.0. The topological polar surface area (TPSA) is 66.4 Å². The lowest BCUT2D eigenvalue weighted by Crippen LogP contribution is -2.46. The largest absolute Gasteiger partial charge is 0.481 e. The molecule has 1 amide bonds. The average Bonchev–Trinajstić information content (AvgIpc) is 2.13. The maximum Gasteiger partial charge on any atom is 0.308 e. The van der Waals surface area contributed by atoms with Crippen molar-refractivity contribution < 1.29 is 14.7 Å². The standard InChI is InChI=1S/C13H25NO3/c1-8(2)7-13(5,6)12(17)14-10(4)9(3)11(15)16/h8-10H,7H2,1-6H3,(H,14,17)(H,15,16). The lowest BCUT2D eigenvalue weighted by Gasteiger charge is -2.28. The van der Waals surface area contributed by atoms with E-state index < -0.39 is 17.3 Å². The van der Waals surface area contributed by atoms with Crippen LogP contribution in [0, 0.1) is 17.3 Å². The van der Waals surface area contributed by atoms with E-state index in [1.807, 2.05) is 13.8 Å². The van der Waals surface area contributed by atoms with E-state index in [1.54, 1.807) is 13.8 Å². The summed E-state index contributed by atoms with van der Waals surface area (Å²) in [7, 11) is 0. The third-order valence-corrected chi connectivity index (χ3v) is 3.03. The van der Waals surface area contributed by atoms with Crippen LogP contribution >= 0.6 is 0 Å². The molecule has 0 saturated carbocycles. The first kappa shape index (κ1) is 15.9. The molecule has 17 heavy (non-hydrogen) atoms. The molecule has 0 spiro atoms. The van der Waals surface area contributed by atoms with Gasteiger partial charge in [0, 0.05) is 11.5 Å². The Kier molecular flexibility index (Phi) is 5.66. The molecule has 0 aliphatic rings. The van der Waals surface area contributed by atoms with Gasteiger partial charge in [0.15, 0.2) is 0 Å². The molecule has 0 aromatic carbocycles. The van der Waals surface area contributed by atoms with E-state index in [9.17, 15) is 9.59 Å². The number of aliphatic carboxylic acids is 1. The number of carboxylic acid groups (broad SMARTS) is 1. The van der Waals surface area contributed by atoms with Crippen LogP contribution in [0.1, 0.15) is 48.0 Å². The van der Waals surface area contributed by atoms with E-state index in [2.05, 4.69) is 19.2 Å². The Labute approximate surface area is 104 Å². The van der Waals surface area contributed by atoms with Gasteiger partial charge in [0.05, 0.1) is 5.92 Å². The minimum atomic E-state index is -0.889. The Bertz CT molecular complexity index is 284. The summed E-state index contributed by atoms with van der Waals surface area (Å²) in [4.78, 5) is 22.8. The van der Waals surface area contributed by atoms with Gasteiger partial charge >= 0.3 is 5.97 Å². The molecule has 4 nitrogen and oxygen atoms in total. The van der Waals surface area contributed by atoms with E-state index in [0.717, 1.165) is 6.42 Å². The Morgan fingerprint density at radius 2 is 1.65 bits per heavy atom. The van der Waals surface area contributed by atoms with Crippen molar-refractivity contribution in [2.75, 3.05) is 0 Å². The summed E-state index contributed by atoms with van der Waals surface area (Å²) in [6, 6.07) is -0.355. The Balaban J connectivity index is 4.48. The summed E-state index contributed by atoms with van der Waals surface area (Å²) in [6.45, 7) is 11.2. The smallest absolute Gasteiger partial charge is 0.308 e. The third-order valence-electron chi connectivity index (χ3n) is 3.03. The van der Waals surface area contributed by atoms with Crippen LogP contribution in [0.4, 0.5) is 0 Å². The quantitative estimate of drug-likeness (QED) is 0.752. The van der Waals surface area contributed by atoms with Crippen LogP contribution in [-0.4, -0.2) is 23.0 Å². The molecule has 0 bridgehead atoms. The number of amides is 1. The van der Waals surface area contributed by atoms with E-state index >= 15 is 0 Å². The Morgan fingerprint density at radius 1 is 1.18 bits per heavy atom. The van der Waals surface area contributed by atoms with Gasteiger partial charge in [-0.3, -0.25) is 9.59 Å². The zero-order valence-corrected chi connectivity index (χ0v) is 11.7. The van der Waals surface area contributed by atoms with Crippen molar-refractivity contribution in [3.63, 3.8) is 0 Å². The van der Waals surface area contributed by atoms with Gasteiger partial charge in [-0.15, -0.1) is 0 Å². The van der Waals surface area contributed by atoms with Gasteiger partial charge < -0.3 is 10.4 Å². The van der Waals surface area contributed by atoms with Crippen LogP contribution in [-0.2, 0) is 9.59 Å². The lowest BCUT2D eigenvalue weighted by atomic mass is 9.82. The molecule has 0 radical (unpaired) electrons. The minimum Gasteiger partial charge on any atom is -0.481 e. The first-order valence-electron chi connectivity index (χ1n) is 6.11. The van der Waals surface area contributed by atoms with E-state index in [0.29, 0.717) is 5.92 Å². The molecular weight excluding hydrogens is 218 g/mol. The van der Waals surface area contributed by atoms with E-state index in [1.165, 1.54) is 0 Å². The fourth-order valence-electron chi connectivity index (χ4n) is 1.85. The molecule has 0 aliphatic heterocycles. The highest BCUT2D eigenvalue weighted by Crippen LogP contribution is 2.25. The van der Waals surface area contributed by atoms with Crippen LogP contribution in [0.5, 0.6) is 0 Å². The molecule has 0 aromatic rings. The molecule has 0 heterocycles. The third kappa shape index (κ3) is 5.20. The number of carbonyl (C=O) groups is 2. The zero-order chi connectivity index (χ0) is 13.8. The van der Waals surface area contributed by atoms with Crippen LogP contribution in [0.25, 0.3) is 0 Å². The number of carbonyl (C=O) groups excluding carboxylic acids is 1. The molecular formula is C13H25NO3. The summed E-state index contributed by atoms with van der Waals surface area (Å²) in [5, 5.41) is 11.6. The van der Waals surface area contributed by atoms with Gasteiger partial charge in [-0.1, -0.05) is 27.7 Å². The van der Waals surface area contributed by atoms with Crippen molar-refractivity contribution in [2.24, 2.45) is 17.3 Å². The van der Waals surface area contributed by atoms with Crippen molar-refractivity contribution in [3.05, 3.63) is 0 Å². The Morgan fingerprint density at radius 3 is 2.00 bits per heavy atom. The average molecular weight is 243 g/mol. The van der Waals surface area contributed by atoms with Crippen molar-refractivity contribution >= 4 is 11.9 Å². The highest BCUT2D eigenvalue weighted by molar-refractivity contribution is 5.82. The molecule has 0 aromatic heterocycles. The van der Waals surface area contributed by atoms with Crippen molar-refractivity contribution in [3.8, 4) is 0 Å². The normalized spacial score (nSPS) is 15.5. The van der Waals surface area contributed by atoms with E-state index in [4.69, 9.17) is 5.11 Å². The predicted octanol–water partition coefficient (Wildman–Crippen LogP) is 2.28. The second-order valence-corrected chi connectivity index (χ2v) is 5.87. The number of hydrogen-bond acceptors (Lipinski definition) is 2. The van der Waals surface area contributed by atoms with Gasteiger partial charge in [-0.05, 0) is 26.2 Å². The zero-order valence-electron chi connectivity index (χ0n) is 11.7. The highest BCUT2D eigenvalue weighted by Gasteiger charge is 2.31. The van der Waals surface area contributed by atoms with Crippen molar-refractivity contribution in [1.29, 1.82) is 0 Å². The maximum absolute atomic E-state index is 12.0. The molecule has 100 valence electrons. The highest BCUT2D eigenvalue weighted by atomic mass is 16.4. The number of rotatable bonds is 6. The van der Waals surface area contributed by atoms with Crippen molar-refractivity contribution in [2.45, 2.75) is 54.0 Å². The lowest BCUT2D eigenvalue weighted by molar-refractivity contribution is -0.142. The fourth-order valence-corrected chi connectivity index (χ4v) is 1.85. The number of carboxylic acids is 1. The minimum absolute atomic E-state index is 0.0770. The first-order chi connectivity index (χ1) is 7.58. The monoisotopic (exact) mass is 243 g/mol. The molecule has 2 N–H and O–H groups in total. The van der Waals surface area contributed by atoms with Gasteiger partial charge in [0.1, 0.15) is 0 Å². The van der Waals surface area contributed by atoms with E-state index in [-0.39, 0.29) is 11.9 Å². The summed E-state index contributed by atoms with van der Waals surface area (Å²) < 4.78 is 0. The SMILES string of the molecule is CC(C)CC(C)(C)C(=O)NC(C)C(C)C(=O)O. The molecule has 0 fully saturated rings. The van der Waals surface area contributed by atoms with Gasteiger partial charge in [0.25, 0.3) is 0 Å². The van der Waals surface area contributed by atoms with Gasteiger partial charge in [0.2, 0.25) is 5.91 Å². The van der Waals surface area contributed by atoms with Crippen LogP contribution in [0.15, 0.2) is 0 Å². The van der Waals surface area contributed by atoms with Crippen molar-refractivity contribution in [1.82, 2.24) is 5.32 Å². The Hall–Kier alpha value is -1.06. The molecule has 4 heteroatoms. The molecule has 0 saturated heterocycles. The predicted molar refractivity (Wildman–Crippen MR) is 67.6 cm³/mol. The van der Waals surface area contributed by atoms with Gasteiger partial charge in [-0.2, -0.15) is 0 Å². The van der Waals surface area contributed by atoms with Crippen LogP contribution in [0.2, 0.25) is 0 Å².